The van der Waals surface area contributed by atoms with Crippen LogP contribution in [0.4, 0.5) is 0 Å². The molecule has 202 valence electrons. The molecule has 0 saturated carbocycles. The maximum atomic E-state index is 13.9. The van der Waals surface area contributed by atoms with Crippen LogP contribution in [-0.2, 0) is 11.2 Å². The molecule has 2 aromatic heterocycles. The molecule has 0 N–H and O–H groups in total. The van der Waals surface area contributed by atoms with Crippen LogP contribution in [0.2, 0.25) is 5.02 Å². The van der Waals surface area contributed by atoms with E-state index in [4.69, 9.17) is 25.7 Å². The van der Waals surface area contributed by atoms with Crippen molar-refractivity contribution in [2.75, 3.05) is 7.11 Å². The Balaban J connectivity index is 1.35. The molecule has 3 heterocycles. The van der Waals surface area contributed by atoms with Crippen molar-refractivity contribution in [3.8, 4) is 11.3 Å². The molecule has 8 heteroatoms. The van der Waals surface area contributed by atoms with E-state index in [2.05, 4.69) is 30.3 Å². The zero-order valence-electron chi connectivity index (χ0n) is 22.0. The zero-order valence-corrected chi connectivity index (χ0v) is 23.5. The highest BCUT2D eigenvalue weighted by Crippen LogP contribution is 2.41. The third-order valence-corrected chi connectivity index (χ3v) is 8.86. The highest BCUT2D eigenvalue weighted by atomic mass is 35.5. The molecule has 1 aliphatic heterocycles. The Morgan fingerprint density at radius 2 is 1.85 bits per heavy atom. The second-order valence-corrected chi connectivity index (χ2v) is 11.3. The summed E-state index contributed by atoms with van der Waals surface area (Å²) in [4.78, 5) is 31.8. The first-order valence-corrected chi connectivity index (χ1v) is 14.4. The lowest BCUT2D eigenvalue weighted by Crippen LogP contribution is -2.38. The Kier molecular flexibility index (Phi) is 6.33. The van der Waals surface area contributed by atoms with Crippen LogP contribution in [0, 0.1) is 0 Å². The molecule has 0 unspecified atom stereocenters. The summed E-state index contributed by atoms with van der Waals surface area (Å²) in [5.74, 6) is 0.535. The second-order valence-electron chi connectivity index (χ2n) is 9.91. The number of thiazole rings is 1. The number of fused-ring (bicyclic) bond motifs is 3. The molecular weight excluding hydrogens is 556 g/mol. The fraction of sp³-hybridized carbons (Fsp3) is 0.121. The number of benzene rings is 3. The van der Waals surface area contributed by atoms with Crippen LogP contribution in [0.15, 0.2) is 105 Å². The predicted molar refractivity (Wildman–Crippen MR) is 160 cm³/mol. The quantitative estimate of drug-likeness (QED) is 0.245. The maximum Gasteiger partial charge on any atom is 0.339 e. The third-order valence-electron chi connectivity index (χ3n) is 7.54. The lowest BCUT2D eigenvalue weighted by molar-refractivity contribution is 0.0601. The molecule has 0 bridgehead atoms. The van der Waals surface area contributed by atoms with Crippen LogP contribution < -0.4 is 14.9 Å². The van der Waals surface area contributed by atoms with Crippen LogP contribution in [-0.4, -0.2) is 17.6 Å². The lowest BCUT2D eigenvalue weighted by atomic mass is 9.83. The van der Waals surface area contributed by atoms with Gasteiger partial charge in [-0.2, -0.15) is 0 Å². The van der Waals surface area contributed by atoms with Crippen LogP contribution in [0.25, 0.3) is 23.1 Å². The number of esters is 1. The summed E-state index contributed by atoms with van der Waals surface area (Å²) in [6.07, 6.45) is 3.51. The number of allylic oxidation sites excluding steroid dienone is 1. The van der Waals surface area contributed by atoms with Gasteiger partial charge in [-0.05, 0) is 59.9 Å². The van der Waals surface area contributed by atoms with Gasteiger partial charge in [0.25, 0.3) is 5.56 Å². The summed E-state index contributed by atoms with van der Waals surface area (Å²) in [7, 11) is 1.31. The van der Waals surface area contributed by atoms with Gasteiger partial charge in [0.15, 0.2) is 4.80 Å². The van der Waals surface area contributed by atoms with Crippen molar-refractivity contribution in [1.29, 1.82) is 0 Å². The summed E-state index contributed by atoms with van der Waals surface area (Å²) in [5, 5.41) is 0.298. The first-order valence-electron chi connectivity index (χ1n) is 13.2. The number of nitrogens with zero attached hydrogens (tertiary/aromatic N) is 2. The molecule has 6 nitrogen and oxygen atoms in total. The highest BCUT2D eigenvalue weighted by molar-refractivity contribution is 7.07. The average molecular weight is 579 g/mol. The molecular formula is C33H23ClN2O4S. The monoisotopic (exact) mass is 578 g/mol. The Hall–Kier alpha value is -4.46. The van der Waals surface area contributed by atoms with E-state index in [0.29, 0.717) is 31.4 Å². The van der Waals surface area contributed by atoms with Crippen molar-refractivity contribution >= 4 is 40.7 Å². The standard InChI is InChI=1S/C33H23ClN2O4S/c1-39-32(38)25-17-21(12-15-26(25)34)27-16-13-22(40-27)18-28-31(37)36-30(20-8-3-2-4-9-20)24-14-11-19-7-5-6-10-23(19)29(24)35-33(36)41-28/h2-10,12-13,15-18,30H,11,14H2,1H3/b28-18+/t30-/m0/s1. The van der Waals surface area contributed by atoms with E-state index in [0.717, 1.165) is 29.7 Å². The van der Waals surface area contributed by atoms with Crippen molar-refractivity contribution in [2.24, 2.45) is 4.99 Å². The summed E-state index contributed by atoms with van der Waals surface area (Å²) in [6, 6.07) is 27.0. The fourth-order valence-electron chi connectivity index (χ4n) is 5.62. The molecule has 2 aliphatic rings. The number of hydrogen-bond donors (Lipinski definition) is 0. The molecule has 0 amide bonds. The number of carbonyl (C=O) groups is 1. The van der Waals surface area contributed by atoms with Gasteiger partial charge in [-0.25, -0.2) is 9.79 Å². The largest absolute Gasteiger partial charge is 0.465 e. The minimum absolute atomic E-state index is 0.106. The summed E-state index contributed by atoms with van der Waals surface area (Å²) in [6.45, 7) is 0. The number of aryl methyl sites for hydroxylation is 1. The van der Waals surface area contributed by atoms with Crippen LogP contribution in [0.1, 0.15) is 45.3 Å². The molecule has 5 aromatic rings. The van der Waals surface area contributed by atoms with Gasteiger partial charge in [0, 0.05) is 17.2 Å². The number of halogens is 1. The number of ether oxygens (including phenoxy) is 1. The number of hydrogen-bond acceptors (Lipinski definition) is 6. The van der Waals surface area contributed by atoms with E-state index < -0.39 is 5.97 Å². The third kappa shape index (κ3) is 4.38. The smallest absolute Gasteiger partial charge is 0.339 e. The van der Waals surface area contributed by atoms with Crippen LogP contribution in [0.3, 0.4) is 0 Å². The summed E-state index contributed by atoms with van der Waals surface area (Å²) >= 11 is 7.54. The van der Waals surface area contributed by atoms with Crippen molar-refractivity contribution in [2.45, 2.75) is 18.9 Å². The van der Waals surface area contributed by atoms with E-state index in [1.54, 1.807) is 36.4 Å². The number of rotatable bonds is 4. The number of carbonyl (C=O) groups excluding carboxylic acids is 1. The topological polar surface area (TPSA) is 73.8 Å². The zero-order chi connectivity index (χ0) is 28.1. The maximum absolute atomic E-state index is 13.9. The Labute approximate surface area is 244 Å². The minimum atomic E-state index is -0.525. The van der Waals surface area contributed by atoms with Crippen LogP contribution in [0.5, 0.6) is 0 Å². The molecule has 0 radical (unpaired) electrons. The van der Waals surface area contributed by atoms with Gasteiger partial charge in [-0.3, -0.25) is 9.36 Å². The molecule has 7 rings (SSSR count). The van der Waals surface area contributed by atoms with Gasteiger partial charge in [0.2, 0.25) is 0 Å². The van der Waals surface area contributed by atoms with Gasteiger partial charge in [-0.1, -0.05) is 77.5 Å². The van der Waals surface area contributed by atoms with E-state index >= 15 is 0 Å². The van der Waals surface area contributed by atoms with E-state index in [-0.39, 0.29) is 17.2 Å². The second kappa shape index (κ2) is 10.2. The molecule has 41 heavy (non-hydrogen) atoms. The van der Waals surface area contributed by atoms with E-state index in [9.17, 15) is 9.59 Å². The molecule has 3 aromatic carbocycles. The Morgan fingerprint density at radius 1 is 1.05 bits per heavy atom. The number of furan rings is 1. The van der Waals surface area contributed by atoms with Crippen molar-refractivity contribution in [1.82, 2.24) is 4.57 Å². The van der Waals surface area contributed by atoms with Gasteiger partial charge in [0.05, 0.1) is 34.0 Å². The first-order chi connectivity index (χ1) is 20.0. The minimum Gasteiger partial charge on any atom is -0.465 e. The van der Waals surface area contributed by atoms with Gasteiger partial charge < -0.3 is 9.15 Å². The fourth-order valence-corrected chi connectivity index (χ4v) is 6.79. The van der Waals surface area contributed by atoms with Gasteiger partial charge in [0.1, 0.15) is 11.5 Å². The number of aromatic nitrogens is 1. The molecule has 0 saturated heterocycles. The molecule has 0 fully saturated rings. The Bertz CT molecular complexity index is 2050. The average Bonchev–Trinajstić information content (AvgIpc) is 3.60. The summed E-state index contributed by atoms with van der Waals surface area (Å²) < 4.78 is 13.3. The SMILES string of the molecule is COC(=O)c1cc(-c2ccc(/C=c3/sc4n(c3=O)[C@@H](c3ccccc3)C3=C(N=4)c4ccccc4CC3)o2)ccc1Cl. The normalized spacial score (nSPS) is 16.0. The van der Waals surface area contributed by atoms with Crippen molar-refractivity contribution in [3.63, 3.8) is 0 Å². The van der Waals surface area contributed by atoms with Gasteiger partial charge in [-0.15, -0.1) is 0 Å². The van der Waals surface area contributed by atoms with Crippen molar-refractivity contribution < 1.29 is 13.9 Å². The number of methoxy groups -OCH3 is 1. The highest BCUT2D eigenvalue weighted by Gasteiger charge is 2.32. The summed E-state index contributed by atoms with van der Waals surface area (Å²) in [5.41, 5.74) is 6.43. The van der Waals surface area contributed by atoms with E-state index in [1.807, 2.05) is 28.8 Å². The Morgan fingerprint density at radius 3 is 2.68 bits per heavy atom. The molecule has 1 aliphatic carbocycles. The molecule has 1 atom stereocenters. The van der Waals surface area contributed by atoms with Gasteiger partial charge >= 0.3 is 5.97 Å². The predicted octanol–water partition coefficient (Wildman–Crippen LogP) is 6.02. The first kappa shape index (κ1) is 25.5. The molecule has 0 spiro atoms. The lowest BCUT2D eigenvalue weighted by Gasteiger charge is -2.30. The van der Waals surface area contributed by atoms with Crippen LogP contribution >= 0.6 is 22.9 Å². The van der Waals surface area contributed by atoms with Crippen molar-refractivity contribution in [3.05, 3.63) is 143 Å². The van der Waals surface area contributed by atoms with E-state index in [1.165, 1.54) is 29.6 Å².